The molecule has 0 atom stereocenters. The molecule has 0 aliphatic carbocycles. The van der Waals surface area contributed by atoms with E-state index in [-0.39, 0.29) is 0 Å². The van der Waals surface area contributed by atoms with E-state index in [1.165, 1.54) is 11.6 Å². The first-order valence-corrected chi connectivity index (χ1v) is 4.67. The summed E-state index contributed by atoms with van der Waals surface area (Å²) in [5, 5.41) is 0. The lowest BCUT2D eigenvalue weighted by Gasteiger charge is -2.04. The molecule has 14 heavy (non-hydrogen) atoms. The molecule has 2 nitrogen and oxygen atoms in total. The van der Waals surface area contributed by atoms with E-state index in [1.807, 2.05) is 12.1 Å². The van der Waals surface area contributed by atoms with E-state index in [0.717, 1.165) is 5.56 Å². The minimum absolute atomic E-state index is 0.419. The predicted molar refractivity (Wildman–Crippen MR) is 58.8 cm³/mol. The van der Waals surface area contributed by atoms with E-state index in [0.29, 0.717) is 5.92 Å². The van der Waals surface area contributed by atoms with E-state index in [4.69, 9.17) is 5.73 Å². The Bertz CT molecular complexity index is 336. The average Bonchev–Trinajstić information content (AvgIpc) is 2.15. The molecule has 2 N–H and O–H groups in total. The van der Waals surface area contributed by atoms with E-state index < -0.39 is 5.91 Å². The quantitative estimate of drug-likeness (QED) is 0.728. The molecular weight excluding hydrogens is 174 g/mol. The van der Waals surface area contributed by atoms with E-state index in [9.17, 15) is 4.79 Å². The largest absolute Gasteiger partial charge is 0.366 e. The molecule has 0 saturated carbocycles. The van der Waals surface area contributed by atoms with Crippen LogP contribution < -0.4 is 5.73 Å². The second-order valence-electron chi connectivity index (χ2n) is 3.56. The molecule has 1 aromatic rings. The Morgan fingerprint density at radius 1 is 1.29 bits per heavy atom. The summed E-state index contributed by atoms with van der Waals surface area (Å²) < 4.78 is 0. The number of carbonyl (C=O) groups excluding carboxylic acids is 1. The van der Waals surface area contributed by atoms with Crippen molar-refractivity contribution < 1.29 is 4.79 Å². The number of benzene rings is 1. The van der Waals surface area contributed by atoms with Crippen LogP contribution in [-0.4, -0.2) is 5.91 Å². The Morgan fingerprint density at radius 2 is 1.86 bits per heavy atom. The maximum atomic E-state index is 10.5. The fourth-order valence-corrected chi connectivity index (χ4v) is 1.17. The van der Waals surface area contributed by atoms with Crippen molar-refractivity contribution in [3.8, 4) is 0 Å². The lowest BCUT2D eigenvalue weighted by atomic mass is 10.0. The molecule has 0 unspecified atom stereocenters. The summed E-state index contributed by atoms with van der Waals surface area (Å²) in [6.45, 7) is 4.29. The van der Waals surface area contributed by atoms with E-state index in [2.05, 4.69) is 26.0 Å². The van der Waals surface area contributed by atoms with Gasteiger partial charge in [0.1, 0.15) is 0 Å². The Kier molecular flexibility index (Phi) is 3.46. The minimum Gasteiger partial charge on any atom is -0.366 e. The molecule has 74 valence electrons. The van der Waals surface area contributed by atoms with Crippen LogP contribution in [0.2, 0.25) is 0 Å². The van der Waals surface area contributed by atoms with Crippen LogP contribution >= 0.6 is 0 Å². The van der Waals surface area contributed by atoms with Crippen LogP contribution in [0.15, 0.2) is 30.3 Å². The molecule has 0 spiro atoms. The van der Waals surface area contributed by atoms with Gasteiger partial charge in [-0.05, 0) is 23.1 Å². The number of amides is 1. The molecule has 0 aliphatic rings. The van der Waals surface area contributed by atoms with Crippen LogP contribution in [0.25, 0.3) is 6.08 Å². The zero-order chi connectivity index (χ0) is 10.6. The third-order valence-electron chi connectivity index (χ3n) is 2.04. The first-order valence-electron chi connectivity index (χ1n) is 4.67. The second-order valence-corrected chi connectivity index (χ2v) is 3.56. The maximum Gasteiger partial charge on any atom is 0.241 e. The summed E-state index contributed by atoms with van der Waals surface area (Å²) in [5.41, 5.74) is 7.28. The van der Waals surface area contributed by atoms with E-state index >= 15 is 0 Å². The van der Waals surface area contributed by atoms with Gasteiger partial charge in [-0.3, -0.25) is 4.79 Å². The van der Waals surface area contributed by atoms with Crippen molar-refractivity contribution in [2.75, 3.05) is 0 Å². The number of hydrogen-bond donors (Lipinski definition) is 1. The summed E-state index contributed by atoms with van der Waals surface area (Å²) in [5.74, 6) is 0.113. The summed E-state index contributed by atoms with van der Waals surface area (Å²) in [6, 6.07) is 8.08. The van der Waals surface area contributed by atoms with Gasteiger partial charge in [-0.1, -0.05) is 38.1 Å². The fraction of sp³-hybridized carbons (Fsp3) is 0.250. The first-order chi connectivity index (χ1) is 6.59. The first kappa shape index (κ1) is 10.5. The molecule has 0 bridgehead atoms. The molecule has 1 amide bonds. The molecule has 0 aromatic heterocycles. The molecular formula is C12H15NO. The Labute approximate surface area is 84.4 Å². The van der Waals surface area contributed by atoms with Crippen LogP contribution in [0.5, 0.6) is 0 Å². The minimum atomic E-state index is -0.419. The van der Waals surface area contributed by atoms with Gasteiger partial charge < -0.3 is 5.73 Å². The molecule has 1 rings (SSSR count). The Hall–Kier alpha value is -1.57. The molecule has 1 aromatic carbocycles. The summed E-state index contributed by atoms with van der Waals surface area (Å²) in [4.78, 5) is 10.5. The lowest BCUT2D eigenvalue weighted by molar-refractivity contribution is -0.113. The van der Waals surface area contributed by atoms with Gasteiger partial charge in [-0.2, -0.15) is 0 Å². The third-order valence-corrected chi connectivity index (χ3v) is 2.04. The van der Waals surface area contributed by atoms with Crippen LogP contribution in [0.1, 0.15) is 30.9 Å². The van der Waals surface area contributed by atoms with Crippen LogP contribution in [0.3, 0.4) is 0 Å². The fourth-order valence-electron chi connectivity index (χ4n) is 1.17. The van der Waals surface area contributed by atoms with Crippen molar-refractivity contribution in [2.24, 2.45) is 5.73 Å². The number of nitrogens with two attached hydrogens (primary N) is 1. The van der Waals surface area contributed by atoms with Gasteiger partial charge in [-0.25, -0.2) is 0 Å². The summed E-state index contributed by atoms with van der Waals surface area (Å²) >= 11 is 0. The molecule has 0 aliphatic heterocycles. The van der Waals surface area contributed by atoms with Gasteiger partial charge in [0.25, 0.3) is 0 Å². The van der Waals surface area contributed by atoms with Gasteiger partial charge in [0.05, 0.1) is 0 Å². The van der Waals surface area contributed by atoms with Gasteiger partial charge >= 0.3 is 0 Å². The predicted octanol–water partition coefficient (Wildman–Crippen LogP) is 2.31. The van der Waals surface area contributed by atoms with Crippen molar-refractivity contribution >= 4 is 12.0 Å². The standard InChI is InChI=1S/C12H15NO/c1-9(2)11-6-3-10(4-7-11)5-8-12(13)14/h3-9H,1-2H3,(H2,13,14). The third kappa shape index (κ3) is 3.05. The Morgan fingerprint density at radius 3 is 2.29 bits per heavy atom. The second kappa shape index (κ2) is 4.61. The number of rotatable bonds is 3. The van der Waals surface area contributed by atoms with Gasteiger partial charge in [0, 0.05) is 6.08 Å². The molecule has 0 saturated heterocycles. The highest BCUT2D eigenvalue weighted by Gasteiger charge is 1.96. The number of carbonyl (C=O) groups is 1. The van der Waals surface area contributed by atoms with Crippen molar-refractivity contribution in [3.63, 3.8) is 0 Å². The smallest absolute Gasteiger partial charge is 0.241 e. The van der Waals surface area contributed by atoms with E-state index in [1.54, 1.807) is 6.08 Å². The number of primary amides is 1. The normalized spacial score (nSPS) is 11.1. The van der Waals surface area contributed by atoms with Crippen LogP contribution in [0.4, 0.5) is 0 Å². The average molecular weight is 189 g/mol. The van der Waals surface area contributed by atoms with Crippen LogP contribution in [0, 0.1) is 0 Å². The lowest BCUT2D eigenvalue weighted by Crippen LogP contribution is -2.05. The number of hydrogen-bond acceptors (Lipinski definition) is 1. The van der Waals surface area contributed by atoms with Crippen molar-refractivity contribution in [1.82, 2.24) is 0 Å². The van der Waals surface area contributed by atoms with Gasteiger partial charge in [-0.15, -0.1) is 0 Å². The highest BCUT2D eigenvalue weighted by molar-refractivity contribution is 5.90. The zero-order valence-corrected chi connectivity index (χ0v) is 8.53. The van der Waals surface area contributed by atoms with Gasteiger partial charge in [0.2, 0.25) is 5.91 Å². The summed E-state index contributed by atoms with van der Waals surface area (Å²) in [7, 11) is 0. The van der Waals surface area contributed by atoms with Gasteiger partial charge in [0.15, 0.2) is 0 Å². The van der Waals surface area contributed by atoms with Crippen LogP contribution in [-0.2, 0) is 4.79 Å². The molecule has 0 heterocycles. The highest BCUT2D eigenvalue weighted by Crippen LogP contribution is 2.15. The monoisotopic (exact) mass is 189 g/mol. The van der Waals surface area contributed by atoms with Crippen molar-refractivity contribution in [3.05, 3.63) is 41.5 Å². The molecule has 0 fully saturated rings. The van der Waals surface area contributed by atoms with Crippen molar-refractivity contribution in [2.45, 2.75) is 19.8 Å². The summed E-state index contributed by atoms with van der Waals surface area (Å²) in [6.07, 6.45) is 3.08. The topological polar surface area (TPSA) is 43.1 Å². The van der Waals surface area contributed by atoms with Crippen molar-refractivity contribution in [1.29, 1.82) is 0 Å². The molecule has 0 radical (unpaired) electrons. The Balaban J connectivity index is 2.78. The highest BCUT2D eigenvalue weighted by atomic mass is 16.1. The maximum absolute atomic E-state index is 10.5. The SMILES string of the molecule is CC(C)c1ccc(C=CC(N)=O)cc1. The molecule has 2 heteroatoms. The zero-order valence-electron chi connectivity index (χ0n) is 8.53.